The predicted octanol–water partition coefficient (Wildman–Crippen LogP) is 2.96. The Balaban J connectivity index is 2.32. The van der Waals surface area contributed by atoms with E-state index in [-0.39, 0.29) is 10.2 Å². The van der Waals surface area contributed by atoms with E-state index >= 15 is 0 Å². The smallest absolute Gasteiger partial charge is 0.287 e. The van der Waals surface area contributed by atoms with Crippen LogP contribution in [0.15, 0.2) is 24.5 Å². The van der Waals surface area contributed by atoms with Crippen molar-refractivity contribution in [3.05, 3.63) is 30.1 Å². The molecule has 0 atom stereocenters. The summed E-state index contributed by atoms with van der Waals surface area (Å²) in [4.78, 5) is 15.1. The Bertz CT molecular complexity index is 589. The Morgan fingerprint density at radius 3 is 2.89 bits per heavy atom. The fourth-order valence-electron chi connectivity index (χ4n) is 1.95. The van der Waals surface area contributed by atoms with Crippen LogP contribution in [0.3, 0.4) is 0 Å². The van der Waals surface area contributed by atoms with Gasteiger partial charge >= 0.3 is 0 Å². The predicted molar refractivity (Wildman–Crippen MR) is 76.1 cm³/mol. The number of aryl methyl sites for hydroxylation is 1. The summed E-state index contributed by atoms with van der Waals surface area (Å²) < 4.78 is 1.99. The molecular formula is C13H16BrN3O. The second kappa shape index (κ2) is 4.72. The number of aromatic nitrogens is 2. The van der Waals surface area contributed by atoms with Gasteiger partial charge in [0.25, 0.3) is 4.82 Å². The number of carbonyl (C=O) groups excluding carboxylic acids is 1. The van der Waals surface area contributed by atoms with Gasteiger partial charge in [-0.15, -0.1) is 0 Å². The first-order valence-electron chi connectivity index (χ1n) is 5.75. The summed E-state index contributed by atoms with van der Waals surface area (Å²) in [5.74, 6) is 0. The molecule has 0 bridgehead atoms. The number of amides is 1. The molecule has 2 aromatic rings. The van der Waals surface area contributed by atoms with Gasteiger partial charge in [-0.25, -0.2) is 4.98 Å². The fraction of sp³-hybridized carbons (Fsp3) is 0.385. The van der Waals surface area contributed by atoms with Crippen molar-refractivity contribution in [2.75, 3.05) is 6.54 Å². The maximum Gasteiger partial charge on any atom is 0.287 e. The molecule has 1 amide bonds. The van der Waals surface area contributed by atoms with Crippen LogP contribution in [0.4, 0.5) is 4.79 Å². The third-order valence-electron chi connectivity index (χ3n) is 3.18. The highest BCUT2D eigenvalue weighted by Gasteiger charge is 2.21. The topological polar surface area (TPSA) is 46.9 Å². The zero-order valence-corrected chi connectivity index (χ0v) is 12.3. The van der Waals surface area contributed by atoms with Crippen molar-refractivity contribution in [2.45, 2.75) is 19.3 Å². The van der Waals surface area contributed by atoms with Gasteiger partial charge in [-0.1, -0.05) is 19.9 Å². The Morgan fingerprint density at radius 1 is 1.50 bits per heavy atom. The van der Waals surface area contributed by atoms with Crippen LogP contribution in [0.5, 0.6) is 0 Å². The van der Waals surface area contributed by atoms with E-state index in [1.807, 2.05) is 17.9 Å². The second-order valence-corrected chi connectivity index (χ2v) is 5.79. The van der Waals surface area contributed by atoms with E-state index in [9.17, 15) is 4.79 Å². The van der Waals surface area contributed by atoms with Gasteiger partial charge in [0.05, 0.1) is 17.4 Å². The number of rotatable bonds is 3. The molecule has 0 aliphatic rings. The molecule has 96 valence electrons. The van der Waals surface area contributed by atoms with Crippen molar-refractivity contribution >= 4 is 31.8 Å². The number of hydrogen-bond donors (Lipinski definition) is 1. The largest absolute Gasteiger partial charge is 0.346 e. The van der Waals surface area contributed by atoms with Crippen LogP contribution in [0.1, 0.15) is 19.4 Å². The van der Waals surface area contributed by atoms with Gasteiger partial charge in [-0.2, -0.15) is 0 Å². The molecule has 5 heteroatoms. The summed E-state index contributed by atoms with van der Waals surface area (Å²) in [7, 11) is 1.98. The second-order valence-electron chi connectivity index (χ2n) is 5.07. The van der Waals surface area contributed by atoms with Crippen LogP contribution in [-0.2, 0) is 12.5 Å². The molecule has 1 heterocycles. The minimum absolute atomic E-state index is 0.130. The van der Waals surface area contributed by atoms with Crippen molar-refractivity contribution in [1.29, 1.82) is 0 Å². The van der Waals surface area contributed by atoms with E-state index in [4.69, 9.17) is 0 Å². The third-order valence-corrected chi connectivity index (χ3v) is 3.46. The van der Waals surface area contributed by atoms with E-state index in [1.165, 1.54) is 0 Å². The van der Waals surface area contributed by atoms with Gasteiger partial charge in [0, 0.05) is 34.9 Å². The summed E-state index contributed by atoms with van der Waals surface area (Å²) in [5, 5.41) is 2.79. The van der Waals surface area contributed by atoms with Crippen LogP contribution in [0, 0.1) is 0 Å². The van der Waals surface area contributed by atoms with Gasteiger partial charge in [0.15, 0.2) is 0 Å². The normalized spacial score (nSPS) is 11.8. The highest BCUT2D eigenvalue weighted by Crippen LogP contribution is 2.25. The van der Waals surface area contributed by atoms with Gasteiger partial charge in [-0.3, -0.25) is 4.79 Å². The van der Waals surface area contributed by atoms with Crippen LogP contribution < -0.4 is 5.32 Å². The van der Waals surface area contributed by atoms with Gasteiger partial charge < -0.3 is 9.88 Å². The Kier molecular flexibility index (Phi) is 3.43. The summed E-state index contributed by atoms with van der Waals surface area (Å²) >= 11 is 2.88. The first-order valence-corrected chi connectivity index (χ1v) is 6.54. The number of nitrogens with one attached hydrogen (secondary N) is 1. The minimum atomic E-state index is -0.186. The minimum Gasteiger partial charge on any atom is -0.346 e. The van der Waals surface area contributed by atoms with Gasteiger partial charge in [0.2, 0.25) is 0 Å². The van der Waals surface area contributed by atoms with Crippen molar-refractivity contribution in [1.82, 2.24) is 14.9 Å². The number of imidazole rings is 1. The quantitative estimate of drug-likeness (QED) is 0.700. The molecule has 0 aliphatic heterocycles. The Hall–Kier alpha value is -1.36. The lowest BCUT2D eigenvalue weighted by atomic mass is 9.84. The van der Waals surface area contributed by atoms with Crippen molar-refractivity contribution in [2.24, 2.45) is 7.05 Å². The first kappa shape index (κ1) is 13.1. The number of nitrogens with zero attached hydrogens (tertiary/aromatic N) is 2. The van der Waals surface area contributed by atoms with E-state index in [0.717, 1.165) is 16.6 Å². The van der Waals surface area contributed by atoms with E-state index in [1.54, 1.807) is 0 Å². The molecule has 0 saturated carbocycles. The number of carbonyl (C=O) groups is 1. The standard InChI is InChI=1S/C13H16BrN3O/c1-13(2,7-15-12(14)18)9-4-5-11-10(6-9)16-8-17(11)3/h4-6,8H,7H2,1-3H3,(H,15,18). The lowest BCUT2D eigenvalue weighted by Crippen LogP contribution is -2.34. The Morgan fingerprint density at radius 2 is 2.22 bits per heavy atom. The molecule has 0 spiro atoms. The molecule has 0 saturated heterocycles. The van der Waals surface area contributed by atoms with E-state index in [0.29, 0.717) is 6.54 Å². The van der Waals surface area contributed by atoms with Crippen molar-refractivity contribution in [3.63, 3.8) is 0 Å². The van der Waals surface area contributed by atoms with E-state index in [2.05, 4.69) is 58.3 Å². The summed E-state index contributed by atoms with van der Waals surface area (Å²) in [6.07, 6.45) is 1.81. The number of fused-ring (bicyclic) bond motifs is 1. The molecule has 2 rings (SSSR count). The Labute approximate surface area is 115 Å². The molecule has 0 unspecified atom stereocenters. The zero-order chi connectivity index (χ0) is 13.3. The van der Waals surface area contributed by atoms with Crippen LogP contribution in [0.2, 0.25) is 0 Å². The number of benzene rings is 1. The highest BCUT2D eigenvalue weighted by atomic mass is 79.9. The number of hydrogen-bond acceptors (Lipinski definition) is 2. The third kappa shape index (κ3) is 2.56. The van der Waals surface area contributed by atoms with Gasteiger partial charge in [0.1, 0.15) is 0 Å². The molecule has 18 heavy (non-hydrogen) atoms. The molecule has 1 aromatic heterocycles. The maximum absolute atomic E-state index is 10.9. The SMILES string of the molecule is Cn1cnc2cc(C(C)(C)CNC(=O)Br)ccc21. The molecule has 0 aliphatic carbocycles. The van der Waals surface area contributed by atoms with E-state index < -0.39 is 0 Å². The molecule has 4 nitrogen and oxygen atoms in total. The summed E-state index contributed by atoms with van der Waals surface area (Å²) in [6.45, 7) is 4.77. The van der Waals surface area contributed by atoms with Crippen LogP contribution in [0.25, 0.3) is 11.0 Å². The lowest BCUT2D eigenvalue weighted by molar-refractivity contribution is 0.259. The summed E-state index contributed by atoms with van der Waals surface area (Å²) in [6, 6.07) is 6.23. The molecule has 1 aromatic carbocycles. The monoisotopic (exact) mass is 309 g/mol. The van der Waals surface area contributed by atoms with Crippen molar-refractivity contribution in [3.8, 4) is 0 Å². The maximum atomic E-state index is 10.9. The highest BCUT2D eigenvalue weighted by molar-refractivity contribution is 9.18. The summed E-state index contributed by atoms with van der Waals surface area (Å²) in [5.41, 5.74) is 3.12. The van der Waals surface area contributed by atoms with Crippen LogP contribution >= 0.6 is 15.9 Å². The van der Waals surface area contributed by atoms with Gasteiger partial charge in [-0.05, 0) is 17.7 Å². The molecule has 0 fully saturated rings. The molecular weight excluding hydrogens is 294 g/mol. The zero-order valence-electron chi connectivity index (χ0n) is 10.7. The average molecular weight is 310 g/mol. The lowest BCUT2D eigenvalue weighted by Gasteiger charge is -2.25. The average Bonchev–Trinajstić information content (AvgIpc) is 2.68. The fourth-order valence-corrected chi connectivity index (χ4v) is 2.09. The molecule has 1 N–H and O–H groups in total. The first-order chi connectivity index (χ1) is 8.40. The number of halogens is 1. The molecule has 0 radical (unpaired) electrons. The van der Waals surface area contributed by atoms with Crippen molar-refractivity contribution < 1.29 is 4.79 Å². The van der Waals surface area contributed by atoms with Crippen LogP contribution in [-0.4, -0.2) is 20.9 Å².